The van der Waals surface area contributed by atoms with Gasteiger partial charge in [-0.25, -0.2) is 8.42 Å². The van der Waals surface area contributed by atoms with Crippen molar-refractivity contribution in [1.29, 1.82) is 0 Å². The predicted octanol–water partition coefficient (Wildman–Crippen LogP) is 2.61. The fourth-order valence-electron chi connectivity index (χ4n) is 2.79. The Morgan fingerprint density at radius 2 is 1.59 bits per heavy atom. The molecule has 0 atom stereocenters. The summed E-state index contributed by atoms with van der Waals surface area (Å²) in [5.41, 5.74) is 1.12. The topological polar surface area (TPSA) is 61.1 Å². The molecule has 0 spiro atoms. The van der Waals surface area contributed by atoms with E-state index >= 15 is 0 Å². The lowest BCUT2D eigenvalue weighted by atomic mass is 10.1. The molecule has 1 aromatic heterocycles. The quantitative estimate of drug-likeness (QED) is 0.315. The fraction of sp³-hybridized carbons (Fsp3) is 0.235. The molecule has 0 aliphatic rings. The van der Waals surface area contributed by atoms with Crippen LogP contribution in [0.4, 0.5) is 0 Å². The van der Waals surface area contributed by atoms with Crippen molar-refractivity contribution in [1.82, 2.24) is 0 Å². The molecule has 0 unspecified atom stereocenters. The van der Waals surface area contributed by atoms with Crippen LogP contribution in [0.25, 0.3) is 21.7 Å². The number of rotatable bonds is 5. The highest BCUT2D eigenvalue weighted by Crippen LogP contribution is 2.22. The van der Waals surface area contributed by atoms with E-state index in [4.69, 9.17) is 0 Å². The summed E-state index contributed by atoms with van der Waals surface area (Å²) >= 11 is 0. The van der Waals surface area contributed by atoms with Gasteiger partial charge >= 0.3 is 0 Å². The zero-order valence-corrected chi connectivity index (χ0v) is 12.9. The lowest BCUT2D eigenvalue weighted by Gasteiger charge is -2.07. The molecule has 3 aromatic rings. The molecule has 0 aliphatic heterocycles. The normalized spacial score (nSPS) is 12.0. The van der Waals surface area contributed by atoms with Gasteiger partial charge in [-0.2, -0.15) is 4.57 Å². The molecular formula is C17H17NO3S. The first-order valence-corrected chi connectivity index (χ1v) is 8.86. The molecule has 0 fully saturated rings. The standard InChI is InChI=1S/C17H17NO3S/c19-22(20,21)12-6-5-11-18-13-14-7-1-2-8-15(14)16-9-3-4-10-17(16)18/h1-4,7-10,13H,5-6,11-12H2. The number of unbranched alkanes of at least 4 members (excludes halogenated alkanes) is 1. The van der Waals surface area contributed by atoms with Gasteiger partial charge in [0.2, 0.25) is 5.52 Å². The number of nitrogens with zero attached hydrogens (tertiary/aromatic N) is 1. The molecule has 0 saturated carbocycles. The maximum absolute atomic E-state index is 10.7. The van der Waals surface area contributed by atoms with Crippen molar-refractivity contribution in [2.45, 2.75) is 19.4 Å². The molecule has 114 valence electrons. The summed E-state index contributed by atoms with van der Waals surface area (Å²) < 4.78 is 34.1. The summed E-state index contributed by atoms with van der Waals surface area (Å²) in [6.45, 7) is 0.695. The van der Waals surface area contributed by atoms with Gasteiger partial charge in [0.15, 0.2) is 6.20 Å². The smallest absolute Gasteiger partial charge is 0.213 e. The van der Waals surface area contributed by atoms with Crippen molar-refractivity contribution in [2.75, 3.05) is 5.75 Å². The Kier molecular flexibility index (Phi) is 4.09. The van der Waals surface area contributed by atoms with E-state index in [9.17, 15) is 13.0 Å². The van der Waals surface area contributed by atoms with Crippen LogP contribution in [0.15, 0.2) is 54.7 Å². The second-order valence-corrected chi connectivity index (χ2v) is 6.92. The van der Waals surface area contributed by atoms with Crippen LogP contribution in [0.1, 0.15) is 12.8 Å². The van der Waals surface area contributed by atoms with Crippen LogP contribution in [0.3, 0.4) is 0 Å². The Balaban J connectivity index is 1.94. The van der Waals surface area contributed by atoms with E-state index in [0.29, 0.717) is 19.4 Å². The van der Waals surface area contributed by atoms with Gasteiger partial charge in [-0.3, -0.25) is 0 Å². The second-order valence-electron chi connectivity index (χ2n) is 5.40. The van der Waals surface area contributed by atoms with Gasteiger partial charge in [0.25, 0.3) is 0 Å². The summed E-state index contributed by atoms with van der Waals surface area (Å²) in [5, 5.41) is 3.53. The maximum Gasteiger partial charge on any atom is 0.213 e. The number of aromatic nitrogens is 1. The lowest BCUT2D eigenvalue weighted by molar-refractivity contribution is -0.670. The average molecular weight is 315 g/mol. The molecule has 22 heavy (non-hydrogen) atoms. The Morgan fingerprint density at radius 3 is 2.36 bits per heavy atom. The van der Waals surface area contributed by atoms with E-state index in [0.717, 1.165) is 10.9 Å². The van der Waals surface area contributed by atoms with Gasteiger partial charge < -0.3 is 4.55 Å². The summed E-state index contributed by atoms with van der Waals surface area (Å²) in [6.07, 6.45) is 3.14. The molecule has 3 rings (SSSR count). The fourth-order valence-corrected chi connectivity index (χ4v) is 3.35. The molecule has 0 bridgehead atoms. The summed E-state index contributed by atoms with van der Waals surface area (Å²) in [4.78, 5) is 0. The van der Waals surface area contributed by atoms with Crippen LogP contribution < -0.4 is 4.57 Å². The van der Waals surface area contributed by atoms with Gasteiger partial charge in [-0.05, 0) is 18.6 Å². The number of para-hydroxylation sites is 1. The molecule has 0 saturated heterocycles. The zero-order valence-electron chi connectivity index (χ0n) is 12.1. The molecule has 0 amide bonds. The molecule has 1 heterocycles. The SMILES string of the molecule is O=S(=O)([O-])CCCC[n+]1cc2ccccc2c2ccccc21. The maximum atomic E-state index is 10.7. The Bertz CT molecular complexity index is 919. The van der Waals surface area contributed by atoms with Gasteiger partial charge in [0, 0.05) is 29.0 Å². The van der Waals surface area contributed by atoms with Crippen molar-refractivity contribution in [3.63, 3.8) is 0 Å². The minimum Gasteiger partial charge on any atom is -0.748 e. The van der Waals surface area contributed by atoms with E-state index in [1.54, 1.807) is 0 Å². The third-order valence-electron chi connectivity index (χ3n) is 3.80. The predicted molar refractivity (Wildman–Crippen MR) is 85.4 cm³/mol. The largest absolute Gasteiger partial charge is 0.748 e. The van der Waals surface area contributed by atoms with Gasteiger partial charge in [-0.15, -0.1) is 0 Å². The zero-order chi connectivity index (χ0) is 15.6. The highest BCUT2D eigenvalue weighted by atomic mass is 32.2. The molecule has 0 aliphatic carbocycles. The summed E-state index contributed by atoms with van der Waals surface area (Å²) in [5.74, 6) is -0.293. The van der Waals surface area contributed by atoms with Crippen molar-refractivity contribution in [3.8, 4) is 0 Å². The van der Waals surface area contributed by atoms with E-state index in [1.165, 1.54) is 10.8 Å². The van der Waals surface area contributed by atoms with E-state index < -0.39 is 10.1 Å². The average Bonchev–Trinajstić information content (AvgIpc) is 2.50. The van der Waals surface area contributed by atoms with E-state index in [2.05, 4.69) is 35.0 Å². The van der Waals surface area contributed by atoms with Crippen LogP contribution in [0.2, 0.25) is 0 Å². The number of benzene rings is 2. The minimum atomic E-state index is -4.11. The number of hydrogen-bond donors (Lipinski definition) is 0. The lowest BCUT2D eigenvalue weighted by Crippen LogP contribution is -2.34. The monoisotopic (exact) mass is 315 g/mol. The minimum absolute atomic E-state index is 0.293. The molecular weight excluding hydrogens is 298 g/mol. The van der Waals surface area contributed by atoms with Crippen LogP contribution in [-0.2, 0) is 16.7 Å². The Labute approximate surface area is 129 Å². The number of fused-ring (bicyclic) bond motifs is 3. The number of pyridine rings is 1. The van der Waals surface area contributed by atoms with Crippen molar-refractivity contribution >= 4 is 31.8 Å². The molecule has 0 N–H and O–H groups in total. The summed E-state index contributed by atoms with van der Waals surface area (Å²) in [6, 6.07) is 16.4. The van der Waals surface area contributed by atoms with Gasteiger partial charge in [-0.1, -0.05) is 30.3 Å². The Morgan fingerprint density at radius 1 is 0.909 bits per heavy atom. The van der Waals surface area contributed by atoms with Crippen molar-refractivity contribution in [3.05, 3.63) is 54.7 Å². The first kappa shape index (κ1) is 14.9. The third-order valence-corrected chi connectivity index (χ3v) is 4.59. The van der Waals surface area contributed by atoms with Gasteiger partial charge in [0.1, 0.15) is 6.54 Å². The van der Waals surface area contributed by atoms with Crippen LogP contribution in [0.5, 0.6) is 0 Å². The number of hydrogen-bond acceptors (Lipinski definition) is 3. The summed E-state index contributed by atoms with van der Waals surface area (Å²) in [7, 11) is -4.11. The highest BCUT2D eigenvalue weighted by molar-refractivity contribution is 7.85. The first-order valence-electron chi connectivity index (χ1n) is 7.28. The third kappa shape index (κ3) is 3.26. The van der Waals surface area contributed by atoms with Crippen molar-refractivity contribution < 1.29 is 17.5 Å². The highest BCUT2D eigenvalue weighted by Gasteiger charge is 2.12. The van der Waals surface area contributed by atoms with Crippen LogP contribution >= 0.6 is 0 Å². The first-order chi connectivity index (χ1) is 10.5. The molecule has 5 heteroatoms. The van der Waals surface area contributed by atoms with Crippen LogP contribution in [0, 0.1) is 0 Å². The second kappa shape index (κ2) is 6.02. The molecule has 2 aromatic carbocycles. The van der Waals surface area contributed by atoms with E-state index in [1.807, 2.05) is 24.3 Å². The molecule has 0 radical (unpaired) electrons. The molecule has 4 nitrogen and oxygen atoms in total. The van der Waals surface area contributed by atoms with Crippen LogP contribution in [-0.4, -0.2) is 18.7 Å². The van der Waals surface area contributed by atoms with E-state index in [-0.39, 0.29) is 5.75 Å². The van der Waals surface area contributed by atoms with Gasteiger partial charge in [0.05, 0.1) is 15.5 Å². The number of aryl methyl sites for hydroxylation is 1. The van der Waals surface area contributed by atoms with Crippen molar-refractivity contribution in [2.24, 2.45) is 0 Å². The Hall–Kier alpha value is -1.98.